The van der Waals surface area contributed by atoms with Crippen LogP contribution in [0.4, 0.5) is 13.2 Å². The number of alkyl halides is 3. The molecule has 1 N–H and O–H groups in total. The summed E-state index contributed by atoms with van der Waals surface area (Å²) in [6, 6.07) is 1.91. The highest BCUT2D eigenvalue weighted by atomic mass is 19.4. The highest BCUT2D eigenvalue weighted by molar-refractivity contribution is 4.92. The number of nitrogens with zero attached hydrogens (tertiary/aromatic N) is 3. The van der Waals surface area contributed by atoms with E-state index in [4.69, 9.17) is 5.26 Å². The lowest BCUT2D eigenvalue weighted by molar-refractivity contribution is -0.149. The Labute approximate surface area is 105 Å². The summed E-state index contributed by atoms with van der Waals surface area (Å²) in [7, 11) is 0. The van der Waals surface area contributed by atoms with Crippen molar-refractivity contribution >= 4 is 0 Å². The van der Waals surface area contributed by atoms with Gasteiger partial charge in [0, 0.05) is 32.7 Å². The molecule has 0 radical (unpaired) electrons. The van der Waals surface area contributed by atoms with Crippen molar-refractivity contribution < 1.29 is 13.2 Å². The second-order valence-corrected chi connectivity index (χ2v) is 4.43. The van der Waals surface area contributed by atoms with Gasteiger partial charge in [-0.2, -0.15) is 18.4 Å². The minimum Gasteiger partial charge on any atom is -0.301 e. The van der Waals surface area contributed by atoms with E-state index in [1.54, 1.807) is 0 Å². The van der Waals surface area contributed by atoms with Gasteiger partial charge < -0.3 is 5.32 Å². The van der Waals surface area contributed by atoms with Crippen LogP contribution in [0.1, 0.15) is 6.92 Å². The number of nitriles is 1. The summed E-state index contributed by atoms with van der Waals surface area (Å²) in [4.78, 5) is 3.44. The van der Waals surface area contributed by atoms with Gasteiger partial charge in [0.15, 0.2) is 0 Å². The quantitative estimate of drug-likeness (QED) is 0.792. The maximum atomic E-state index is 12.2. The second-order valence-electron chi connectivity index (χ2n) is 4.43. The molecule has 1 fully saturated rings. The Morgan fingerprint density at radius 2 is 1.78 bits per heavy atom. The smallest absolute Gasteiger partial charge is 0.301 e. The first-order valence-electron chi connectivity index (χ1n) is 6.09. The number of rotatable bonds is 5. The maximum Gasteiger partial charge on any atom is 0.401 e. The van der Waals surface area contributed by atoms with Gasteiger partial charge in [-0.3, -0.25) is 9.80 Å². The Kier molecular flexibility index (Phi) is 5.85. The molecule has 1 heterocycles. The van der Waals surface area contributed by atoms with Crippen LogP contribution in [0, 0.1) is 11.3 Å². The van der Waals surface area contributed by atoms with E-state index in [2.05, 4.69) is 11.4 Å². The summed E-state index contributed by atoms with van der Waals surface area (Å²) in [6.07, 6.45) is -4.12. The molecule has 1 atom stereocenters. The molecule has 0 aromatic carbocycles. The van der Waals surface area contributed by atoms with Crippen LogP contribution in [-0.4, -0.2) is 67.8 Å². The Hall–Kier alpha value is -0.840. The standard InChI is InChI=1S/C11H19F3N4/c1-2-16-10(7-15)8-17-3-5-18(6-4-17)9-11(12,13)14/h10,16H,2-6,8-9H2,1H3. The summed E-state index contributed by atoms with van der Waals surface area (Å²) in [5.41, 5.74) is 0. The molecule has 0 bridgehead atoms. The molecule has 0 amide bonds. The van der Waals surface area contributed by atoms with Gasteiger partial charge in [-0.15, -0.1) is 0 Å². The number of nitrogens with one attached hydrogen (secondary N) is 1. The Morgan fingerprint density at radius 1 is 1.22 bits per heavy atom. The average Bonchev–Trinajstić information content (AvgIpc) is 2.29. The van der Waals surface area contributed by atoms with Crippen LogP contribution in [0.3, 0.4) is 0 Å². The largest absolute Gasteiger partial charge is 0.401 e. The zero-order chi connectivity index (χ0) is 13.6. The summed E-state index contributed by atoms with van der Waals surface area (Å²) < 4.78 is 36.6. The van der Waals surface area contributed by atoms with Crippen molar-refractivity contribution in [2.45, 2.75) is 19.1 Å². The topological polar surface area (TPSA) is 42.3 Å². The van der Waals surface area contributed by atoms with Crippen molar-refractivity contribution in [3.05, 3.63) is 0 Å². The van der Waals surface area contributed by atoms with Crippen LogP contribution < -0.4 is 5.32 Å². The number of hydrogen-bond acceptors (Lipinski definition) is 4. The first kappa shape index (κ1) is 15.2. The van der Waals surface area contributed by atoms with Gasteiger partial charge in [-0.05, 0) is 6.54 Å². The van der Waals surface area contributed by atoms with Crippen LogP contribution in [0.25, 0.3) is 0 Å². The van der Waals surface area contributed by atoms with E-state index >= 15 is 0 Å². The SMILES string of the molecule is CCNC(C#N)CN1CCN(CC(F)(F)F)CC1. The molecule has 0 spiro atoms. The fourth-order valence-corrected chi connectivity index (χ4v) is 2.04. The van der Waals surface area contributed by atoms with E-state index in [0.717, 1.165) is 0 Å². The molecule has 0 aliphatic carbocycles. The molecule has 0 aromatic rings. The fourth-order valence-electron chi connectivity index (χ4n) is 2.04. The van der Waals surface area contributed by atoms with E-state index in [0.29, 0.717) is 39.3 Å². The Bertz CT molecular complexity index is 279. The zero-order valence-electron chi connectivity index (χ0n) is 10.5. The Balaban J connectivity index is 2.29. The van der Waals surface area contributed by atoms with Crippen molar-refractivity contribution in [2.75, 3.05) is 45.8 Å². The minimum absolute atomic E-state index is 0.246. The maximum absolute atomic E-state index is 12.2. The van der Waals surface area contributed by atoms with Crippen LogP contribution >= 0.6 is 0 Å². The third kappa shape index (κ3) is 5.67. The number of likely N-dealkylation sites (N-methyl/N-ethyl adjacent to an activating group) is 1. The number of piperazine rings is 1. The molecule has 0 saturated carbocycles. The van der Waals surface area contributed by atoms with Crippen molar-refractivity contribution in [2.24, 2.45) is 0 Å². The van der Waals surface area contributed by atoms with E-state index in [1.165, 1.54) is 4.90 Å². The van der Waals surface area contributed by atoms with Crippen LogP contribution in [0.5, 0.6) is 0 Å². The van der Waals surface area contributed by atoms with Gasteiger partial charge in [0.2, 0.25) is 0 Å². The van der Waals surface area contributed by atoms with Crippen molar-refractivity contribution in [1.82, 2.24) is 15.1 Å². The van der Waals surface area contributed by atoms with E-state index in [-0.39, 0.29) is 6.04 Å². The normalized spacial score (nSPS) is 20.6. The lowest BCUT2D eigenvalue weighted by atomic mass is 10.2. The predicted octanol–water partition coefficient (Wildman–Crippen LogP) is 0.668. The van der Waals surface area contributed by atoms with Gasteiger partial charge in [-0.25, -0.2) is 0 Å². The van der Waals surface area contributed by atoms with Crippen LogP contribution in [0.2, 0.25) is 0 Å². The molecule has 1 aliphatic rings. The van der Waals surface area contributed by atoms with E-state index in [9.17, 15) is 13.2 Å². The summed E-state index contributed by atoms with van der Waals surface area (Å²) >= 11 is 0. The molecule has 1 rings (SSSR count). The summed E-state index contributed by atoms with van der Waals surface area (Å²) in [6.45, 7) is 4.35. The molecule has 0 aromatic heterocycles. The Morgan fingerprint density at radius 3 is 2.22 bits per heavy atom. The van der Waals surface area contributed by atoms with Gasteiger partial charge in [0.05, 0.1) is 12.6 Å². The van der Waals surface area contributed by atoms with Gasteiger partial charge in [0.25, 0.3) is 0 Å². The van der Waals surface area contributed by atoms with Gasteiger partial charge >= 0.3 is 6.18 Å². The third-order valence-electron chi connectivity index (χ3n) is 2.91. The predicted molar refractivity (Wildman–Crippen MR) is 62.0 cm³/mol. The van der Waals surface area contributed by atoms with E-state index < -0.39 is 12.7 Å². The number of halogens is 3. The first-order chi connectivity index (χ1) is 8.44. The van der Waals surface area contributed by atoms with Crippen molar-refractivity contribution in [1.29, 1.82) is 5.26 Å². The molecule has 4 nitrogen and oxygen atoms in total. The summed E-state index contributed by atoms with van der Waals surface area (Å²) in [5, 5.41) is 11.9. The molecular weight excluding hydrogens is 245 g/mol. The molecule has 1 unspecified atom stereocenters. The third-order valence-corrected chi connectivity index (χ3v) is 2.91. The minimum atomic E-state index is -4.12. The molecule has 104 valence electrons. The zero-order valence-corrected chi connectivity index (χ0v) is 10.5. The van der Waals surface area contributed by atoms with Gasteiger partial charge in [-0.1, -0.05) is 6.92 Å². The highest BCUT2D eigenvalue weighted by Crippen LogP contribution is 2.17. The van der Waals surface area contributed by atoms with Gasteiger partial charge in [0.1, 0.15) is 6.04 Å². The monoisotopic (exact) mass is 264 g/mol. The average molecular weight is 264 g/mol. The molecule has 1 saturated heterocycles. The fraction of sp³-hybridized carbons (Fsp3) is 0.909. The van der Waals surface area contributed by atoms with Crippen LogP contribution in [0.15, 0.2) is 0 Å². The lowest BCUT2D eigenvalue weighted by Gasteiger charge is -2.35. The molecular formula is C11H19F3N4. The van der Waals surface area contributed by atoms with Crippen molar-refractivity contribution in [3.8, 4) is 6.07 Å². The highest BCUT2D eigenvalue weighted by Gasteiger charge is 2.32. The molecule has 1 aliphatic heterocycles. The molecule has 7 heteroatoms. The van der Waals surface area contributed by atoms with E-state index in [1.807, 2.05) is 11.8 Å². The second kappa shape index (κ2) is 6.92. The number of hydrogen-bond donors (Lipinski definition) is 1. The lowest BCUT2D eigenvalue weighted by Crippen LogP contribution is -2.52. The van der Waals surface area contributed by atoms with Crippen molar-refractivity contribution in [3.63, 3.8) is 0 Å². The molecule has 18 heavy (non-hydrogen) atoms. The first-order valence-corrected chi connectivity index (χ1v) is 6.09. The summed E-state index contributed by atoms with van der Waals surface area (Å²) in [5.74, 6) is 0. The van der Waals surface area contributed by atoms with Crippen LogP contribution in [-0.2, 0) is 0 Å².